The van der Waals surface area contributed by atoms with Gasteiger partial charge in [-0.25, -0.2) is 9.78 Å². The molecule has 1 aromatic heterocycles. The Balaban J connectivity index is 3.38. The van der Waals surface area contributed by atoms with Crippen molar-refractivity contribution in [3.63, 3.8) is 0 Å². The van der Waals surface area contributed by atoms with Crippen molar-refractivity contribution in [3.8, 4) is 0 Å². The molecule has 0 atom stereocenters. The van der Waals surface area contributed by atoms with E-state index >= 15 is 0 Å². The number of aromatic nitrogens is 2. The predicted octanol–water partition coefficient (Wildman–Crippen LogP) is 2.63. The molecule has 0 amide bonds. The van der Waals surface area contributed by atoms with Gasteiger partial charge in [0.2, 0.25) is 5.82 Å². The van der Waals surface area contributed by atoms with Crippen LogP contribution >= 0.6 is 0 Å². The van der Waals surface area contributed by atoms with Gasteiger partial charge in [0.25, 0.3) is 0 Å². The van der Waals surface area contributed by atoms with E-state index in [4.69, 9.17) is 5.11 Å². The summed E-state index contributed by atoms with van der Waals surface area (Å²) in [5, 5.41) is 9.12. The molecule has 1 aromatic rings. The lowest BCUT2D eigenvalue weighted by Gasteiger charge is -2.22. The molecule has 4 heteroatoms. The normalized spacial score (nSPS) is 12.9. The Morgan fingerprint density at radius 3 is 2.00 bits per heavy atom. The van der Waals surface area contributed by atoms with Crippen molar-refractivity contribution in [1.29, 1.82) is 0 Å². The van der Waals surface area contributed by atoms with Crippen molar-refractivity contribution < 1.29 is 9.90 Å². The largest absolute Gasteiger partial charge is 0.475 e. The molecule has 0 aliphatic carbocycles. The maximum absolute atomic E-state index is 11.1. The zero-order chi connectivity index (χ0) is 12.7. The number of aromatic carboxylic acids is 1. The summed E-state index contributed by atoms with van der Waals surface area (Å²) in [6.07, 6.45) is 1.84. The number of hydrogen-bond acceptors (Lipinski definition) is 2. The van der Waals surface area contributed by atoms with Crippen LogP contribution in [0.1, 0.15) is 57.9 Å². The summed E-state index contributed by atoms with van der Waals surface area (Å²) in [5.74, 6) is -0.872. The highest BCUT2D eigenvalue weighted by atomic mass is 16.4. The average molecular weight is 224 g/mol. The van der Waals surface area contributed by atoms with Crippen LogP contribution in [0.2, 0.25) is 0 Å². The van der Waals surface area contributed by atoms with Crippen molar-refractivity contribution in [1.82, 2.24) is 9.55 Å². The zero-order valence-corrected chi connectivity index (χ0v) is 10.8. The zero-order valence-electron chi connectivity index (χ0n) is 10.8. The topological polar surface area (TPSA) is 55.1 Å². The van der Waals surface area contributed by atoms with Crippen molar-refractivity contribution in [2.45, 2.75) is 52.5 Å². The lowest BCUT2D eigenvalue weighted by Crippen LogP contribution is -2.25. The molecule has 0 saturated carbocycles. The molecule has 0 spiro atoms. The van der Waals surface area contributed by atoms with Gasteiger partial charge in [-0.1, -0.05) is 20.8 Å². The predicted molar refractivity (Wildman–Crippen MR) is 62.9 cm³/mol. The fourth-order valence-corrected chi connectivity index (χ4v) is 1.40. The Kier molecular flexibility index (Phi) is 2.88. The van der Waals surface area contributed by atoms with Crippen LogP contribution in [-0.2, 0) is 11.0 Å². The van der Waals surface area contributed by atoms with Crippen LogP contribution in [0, 0.1) is 0 Å². The minimum atomic E-state index is -0.981. The highest BCUT2D eigenvalue weighted by Gasteiger charge is 2.27. The van der Waals surface area contributed by atoms with Gasteiger partial charge < -0.3 is 9.67 Å². The van der Waals surface area contributed by atoms with E-state index in [-0.39, 0.29) is 16.8 Å². The second kappa shape index (κ2) is 3.61. The first kappa shape index (κ1) is 12.7. The maximum atomic E-state index is 11.1. The number of imidazole rings is 1. The molecule has 0 aliphatic heterocycles. The summed E-state index contributed by atoms with van der Waals surface area (Å²) in [6, 6.07) is 0. The van der Waals surface area contributed by atoms with E-state index in [1.165, 1.54) is 0 Å². The molecule has 0 fully saturated rings. The van der Waals surface area contributed by atoms with E-state index in [0.29, 0.717) is 0 Å². The van der Waals surface area contributed by atoms with Gasteiger partial charge in [0.15, 0.2) is 0 Å². The van der Waals surface area contributed by atoms with Gasteiger partial charge in [-0.05, 0) is 20.8 Å². The molecule has 90 valence electrons. The van der Waals surface area contributed by atoms with Crippen molar-refractivity contribution in [3.05, 3.63) is 17.7 Å². The van der Waals surface area contributed by atoms with Gasteiger partial charge in [-0.15, -0.1) is 0 Å². The van der Waals surface area contributed by atoms with Crippen LogP contribution in [0.15, 0.2) is 6.20 Å². The first-order chi connectivity index (χ1) is 7.03. The molecule has 4 nitrogen and oxygen atoms in total. The number of hydrogen-bond donors (Lipinski definition) is 1. The van der Waals surface area contributed by atoms with Crippen LogP contribution in [0.3, 0.4) is 0 Å². The summed E-state index contributed by atoms with van der Waals surface area (Å²) in [4.78, 5) is 15.3. The molecule has 0 aromatic carbocycles. The van der Waals surface area contributed by atoms with Crippen molar-refractivity contribution in [2.24, 2.45) is 0 Å². The number of carboxylic acid groups (broad SMARTS) is 1. The third-order valence-corrected chi connectivity index (χ3v) is 2.39. The Morgan fingerprint density at radius 1 is 1.25 bits per heavy atom. The van der Waals surface area contributed by atoms with Crippen LogP contribution in [-0.4, -0.2) is 20.6 Å². The quantitative estimate of drug-likeness (QED) is 0.797. The molecule has 0 aliphatic rings. The minimum absolute atomic E-state index is 0.109. The van der Waals surface area contributed by atoms with E-state index in [1.54, 1.807) is 4.57 Å². The van der Waals surface area contributed by atoms with Gasteiger partial charge in [-0.3, -0.25) is 0 Å². The Labute approximate surface area is 96.3 Å². The van der Waals surface area contributed by atoms with E-state index in [9.17, 15) is 4.79 Å². The van der Waals surface area contributed by atoms with E-state index < -0.39 is 5.97 Å². The molecule has 0 bridgehead atoms. The van der Waals surface area contributed by atoms with E-state index in [2.05, 4.69) is 4.98 Å². The van der Waals surface area contributed by atoms with Crippen LogP contribution < -0.4 is 0 Å². The minimum Gasteiger partial charge on any atom is -0.475 e. The lowest BCUT2D eigenvalue weighted by atomic mass is 9.93. The second-order valence-corrected chi connectivity index (χ2v) is 6.05. The van der Waals surface area contributed by atoms with Crippen LogP contribution in [0.4, 0.5) is 0 Å². The van der Waals surface area contributed by atoms with Gasteiger partial charge in [0.05, 0.1) is 5.69 Å². The lowest BCUT2D eigenvalue weighted by molar-refractivity contribution is 0.0670. The number of nitrogens with zero attached hydrogens (tertiary/aromatic N) is 2. The molecule has 1 rings (SSSR count). The van der Waals surface area contributed by atoms with Gasteiger partial charge in [0, 0.05) is 17.2 Å². The van der Waals surface area contributed by atoms with Gasteiger partial charge in [0.1, 0.15) is 0 Å². The standard InChI is InChI=1S/C12H20N2O2/c1-11(2,3)8-7-14(12(4,5)6)9(13-8)10(15)16/h7H,1-6H3,(H,15,16). The summed E-state index contributed by atoms with van der Waals surface area (Å²) in [6.45, 7) is 12.0. The summed E-state index contributed by atoms with van der Waals surface area (Å²) in [7, 11) is 0. The maximum Gasteiger partial charge on any atom is 0.372 e. The fourth-order valence-electron chi connectivity index (χ4n) is 1.40. The number of rotatable bonds is 1. The molecule has 1 N–H and O–H groups in total. The SMILES string of the molecule is CC(C)(C)c1cn(C(C)(C)C)c(C(=O)O)n1. The fraction of sp³-hybridized carbons (Fsp3) is 0.667. The Bertz CT molecular complexity index is 406. The Morgan fingerprint density at radius 2 is 1.75 bits per heavy atom. The molecule has 0 unspecified atom stereocenters. The smallest absolute Gasteiger partial charge is 0.372 e. The monoisotopic (exact) mass is 224 g/mol. The first-order valence-corrected chi connectivity index (χ1v) is 5.37. The summed E-state index contributed by atoms with van der Waals surface area (Å²) in [5.41, 5.74) is 0.394. The van der Waals surface area contributed by atoms with Gasteiger partial charge in [-0.2, -0.15) is 0 Å². The Hall–Kier alpha value is -1.32. The van der Waals surface area contributed by atoms with Crippen LogP contribution in [0.25, 0.3) is 0 Å². The number of carbonyl (C=O) groups is 1. The van der Waals surface area contributed by atoms with Crippen molar-refractivity contribution >= 4 is 5.97 Å². The highest BCUT2D eigenvalue weighted by Crippen LogP contribution is 2.25. The summed E-state index contributed by atoms with van der Waals surface area (Å²) < 4.78 is 1.72. The molecular formula is C12H20N2O2. The van der Waals surface area contributed by atoms with Crippen LogP contribution in [0.5, 0.6) is 0 Å². The van der Waals surface area contributed by atoms with E-state index in [0.717, 1.165) is 5.69 Å². The summed E-state index contributed by atoms with van der Waals surface area (Å²) >= 11 is 0. The molecule has 0 saturated heterocycles. The van der Waals surface area contributed by atoms with Gasteiger partial charge >= 0.3 is 5.97 Å². The molecule has 0 radical (unpaired) electrons. The average Bonchev–Trinajstić information content (AvgIpc) is 2.44. The first-order valence-electron chi connectivity index (χ1n) is 5.37. The van der Waals surface area contributed by atoms with E-state index in [1.807, 2.05) is 47.7 Å². The second-order valence-electron chi connectivity index (χ2n) is 6.05. The molecular weight excluding hydrogens is 204 g/mol. The molecule has 16 heavy (non-hydrogen) atoms. The van der Waals surface area contributed by atoms with Crippen molar-refractivity contribution in [2.75, 3.05) is 0 Å². The third kappa shape index (κ3) is 2.43. The third-order valence-electron chi connectivity index (χ3n) is 2.39. The highest BCUT2D eigenvalue weighted by molar-refractivity contribution is 5.83. The molecule has 1 heterocycles. The number of carboxylic acids is 1.